The van der Waals surface area contributed by atoms with Gasteiger partial charge < -0.3 is 20.5 Å². The van der Waals surface area contributed by atoms with Gasteiger partial charge in [-0.2, -0.15) is 0 Å². The third-order valence-electron chi connectivity index (χ3n) is 2.04. The van der Waals surface area contributed by atoms with Crippen molar-refractivity contribution < 1.29 is 24.6 Å². The molecule has 1 aromatic rings. The van der Waals surface area contributed by atoms with Gasteiger partial charge in [-0.05, 0) is 12.1 Å². The van der Waals surface area contributed by atoms with Gasteiger partial charge >= 0.3 is 11.9 Å². The molecule has 0 fully saturated rings. The number of aromatic amines is 1. The van der Waals surface area contributed by atoms with Crippen molar-refractivity contribution in [3.8, 4) is 0 Å². The summed E-state index contributed by atoms with van der Waals surface area (Å²) in [6.45, 7) is 0. The van der Waals surface area contributed by atoms with Crippen LogP contribution in [0.3, 0.4) is 0 Å². The lowest BCUT2D eigenvalue weighted by molar-refractivity contribution is -0.145. The van der Waals surface area contributed by atoms with E-state index in [1.807, 2.05) is 5.32 Å². The Labute approximate surface area is 100 Å². The van der Waals surface area contributed by atoms with Gasteiger partial charge in [0.15, 0.2) is 0 Å². The molecule has 0 spiro atoms. The fourth-order valence-corrected chi connectivity index (χ4v) is 1.21. The minimum Gasteiger partial charge on any atom is -0.481 e. The van der Waals surface area contributed by atoms with Crippen LogP contribution in [-0.4, -0.2) is 39.1 Å². The van der Waals surface area contributed by atoms with Gasteiger partial charge in [0.05, 0.1) is 6.42 Å². The Morgan fingerprint density at radius 2 is 2.00 bits per heavy atom. The van der Waals surface area contributed by atoms with Gasteiger partial charge in [-0.15, -0.1) is 0 Å². The molecule has 0 aliphatic heterocycles. The van der Waals surface area contributed by atoms with E-state index < -0.39 is 35.9 Å². The highest BCUT2D eigenvalue weighted by molar-refractivity contribution is 5.96. The summed E-state index contributed by atoms with van der Waals surface area (Å²) in [7, 11) is 0. The van der Waals surface area contributed by atoms with Crippen LogP contribution in [0, 0.1) is 0 Å². The third kappa shape index (κ3) is 3.44. The van der Waals surface area contributed by atoms with Crippen molar-refractivity contribution in [2.75, 3.05) is 0 Å². The molecule has 0 radical (unpaired) electrons. The van der Waals surface area contributed by atoms with Gasteiger partial charge in [0.25, 0.3) is 11.5 Å². The maximum Gasteiger partial charge on any atom is 0.326 e. The molecule has 96 valence electrons. The average Bonchev–Trinajstić information content (AvgIpc) is 2.27. The van der Waals surface area contributed by atoms with E-state index in [1.165, 1.54) is 18.3 Å². The maximum absolute atomic E-state index is 11.6. The first kappa shape index (κ1) is 13.4. The topological polar surface area (TPSA) is 137 Å². The lowest BCUT2D eigenvalue weighted by atomic mass is 10.2. The summed E-state index contributed by atoms with van der Waals surface area (Å²) >= 11 is 0. The molecule has 0 aromatic carbocycles. The summed E-state index contributed by atoms with van der Waals surface area (Å²) in [5.74, 6) is -3.80. The maximum atomic E-state index is 11.6. The number of H-pyrrole nitrogens is 1. The highest BCUT2D eigenvalue weighted by atomic mass is 16.4. The zero-order chi connectivity index (χ0) is 13.7. The van der Waals surface area contributed by atoms with Crippen molar-refractivity contribution >= 4 is 17.8 Å². The fourth-order valence-electron chi connectivity index (χ4n) is 1.21. The van der Waals surface area contributed by atoms with Crippen LogP contribution in [0.5, 0.6) is 0 Å². The van der Waals surface area contributed by atoms with Crippen LogP contribution in [0.2, 0.25) is 0 Å². The minimum absolute atomic E-state index is 0.283. The summed E-state index contributed by atoms with van der Waals surface area (Å²) < 4.78 is 0. The van der Waals surface area contributed by atoms with Crippen LogP contribution in [0.1, 0.15) is 16.8 Å². The number of aliphatic carboxylic acids is 2. The Hall–Kier alpha value is -2.64. The van der Waals surface area contributed by atoms with Crippen molar-refractivity contribution in [3.63, 3.8) is 0 Å². The van der Waals surface area contributed by atoms with Crippen molar-refractivity contribution in [1.29, 1.82) is 0 Å². The molecule has 1 amide bonds. The van der Waals surface area contributed by atoms with E-state index in [4.69, 9.17) is 10.2 Å². The number of hydrogen-bond acceptors (Lipinski definition) is 4. The highest BCUT2D eigenvalue weighted by Crippen LogP contribution is 1.96. The van der Waals surface area contributed by atoms with Crippen molar-refractivity contribution in [3.05, 3.63) is 34.2 Å². The van der Waals surface area contributed by atoms with Gasteiger partial charge in [0, 0.05) is 6.20 Å². The number of carbonyl (C=O) groups is 3. The smallest absolute Gasteiger partial charge is 0.326 e. The van der Waals surface area contributed by atoms with Gasteiger partial charge in [-0.3, -0.25) is 14.4 Å². The fraction of sp³-hybridized carbons (Fsp3) is 0.200. The largest absolute Gasteiger partial charge is 0.481 e. The number of rotatable bonds is 5. The Morgan fingerprint density at radius 3 is 2.50 bits per heavy atom. The number of carboxylic acids is 2. The molecule has 18 heavy (non-hydrogen) atoms. The van der Waals surface area contributed by atoms with Crippen molar-refractivity contribution in [2.24, 2.45) is 0 Å². The number of carboxylic acid groups (broad SMARTS) is 2. The average molecular weight is 254 g/mol. The second-order valence-electron chi connectivity index (χ2n) is 3.38. The first-order valence-corrected chi connectivity index (χ1v) is 4.85. The molecular weight excluding hydrogens is 244 g/mol. The number of hydrogen-bond donors (Lipinski definition) is 4. The standard InChI is InChI=1S/C10H10N2O6/c13-7(14)4-6(10(17)18)12-9(16)5-2-1-3-11-8(5)15/h1-3,6H,4H2,(H,11,15)(H,12,16)(H,13,14)(H,17,18). The van der Waals surface area contributed by atoms with E-state index in [1.54, 1.807) is 0 Å². The zero-order valence-corrected chi connectivity index (χ0v) is 9.04. The molecule has 1 atom stereocenters. The van der Waals surface area contributed by atoms with E-state index in [0.29, 0.717) is 0 Å². The molecule has 0 aliphatic carbocycles. The summed E-state index contributed by atoms with van der Waals surface area (Å²) in [4.78, 5) is 46.2. The van der Waals surface area contributed by atoms with Gasteiger partial charge in [0.1, 0.15) is 11.6 Å². The monoisotopic (exact) mass is 254 g/mol. The Kier molecular flexibility index (Phi) is 4.19. The second kappa shape index (κ2) is 5.62. The molecule has 1 rings (SSSR count). The van der Waals surface area contributed by atoms with Gasteiger partial charge in [-0.1, -0.05) is 0 Å². The number of aromatic nitrogens is 1. The number of nitrogens with one attached hydrogen (secondary N) is 2. The van der Waals surface area contributed by atoms with Crippen molar-refractivity contribution in [2.45, 2.75) is 12.5 Å². The number of pyridine rings is 1. The normalized spacial score (nSPS) is 11.6. The van der Waals surface area contributed by atoms with Crippen molar-refractivity contribution in [1.82, 2.24) is 10.3 Å². The summed E-state index contributed by atoms with van der Waals surface area (Å²) in [6, 6.07) is 1.01. The molecule has 4 N–H and O–H groups in total. The third-order valence-corrected chi connectivity index (χ3v) is 2.04. The van der Waals surface area contributed by atoms with Gasteiger partial charge in [0.2, 0.25) is 0 Å². The Morgan fingerprint density at radius 1 is 1.33 bits per heavy atom. The van der Waals surface area contributed by atoms with Crippen LogP contribution in [-0.2, 0) is 9.59 Å². The minimum atomic E-state index is -1.59. The molecule has 0 saturated heterocycles. The predicted molar refractivity (Wildman–Crippen MR) is 58.2 cm³/mol. The van der Waals surface area contributed by atoms with E-state index in [2.05, 4.69) is 4.98 Å². The first-order valence-electron chi connectivity index (χ1n) is 4.85. The van der Waals surface area contributed by atoms with E-state index >= 15 is 0 Å². The van der Waals surface area contributed by atoms with E-state index in [-0.39, 0.29) is 5.56 Å². The van der Waals surface area contributed by atoms with Crippen LogP contribution >= 0.6 is 0 Å². The summed E-state index contributed by atoms with van der Waals surface area (Å²) in [5.41, 5.74) is -0.969. The summed E-state index contributed by atoms with van der Waals surface area (Å²) in [5, 5.41) is 19.2. The quantitative estimate of drug-likeness (QED) is 0.533. The SMILES string of the molecule is O=C(O)CC(NC(=O)c1ccc[nH]c1=O)C(=O)O. The first-order chi connectivity index (χ1) is 8.41. The predicted octanol–water partition coefficient (Wildman–Crippen LogP) is -0.967. The lowest BCUT2D eigenvalue weighted by Crippen LogP contribution is -2.43. The molecule has 0 bridgehead atoms. The second-order valence-corrected chi connectivity index (χ2v) is 3.38. The molecule has 1 heterocycles. The van der Waals surface area contributed by atoms with Crippen LogP contribution in [0.25, 0.3) is 0 Å². The molecule has 8 nitrogen and oxygen atoms in total. The van der Waals surface area contributed by atoms with E-state index in [0.717, 1.165) is 0 Å². The highest BCUT2D eigenvalue weighted by Gasteiger charge is 2.24. The lowest BCUT2D eigenvalue weighted by Gasteiger charge is -2.11. The van der Waals surface area contributed by atoms with Crippen LogP contribution < -0.4 is 10.9 Å². The number of carbonyl (C=O) groups excluding carboxylic acids is 1. The molecule has 1 unspecified atom stereocenters. The summed E-state index contributed by atoms with van der Waals surface area (Å²) in [6.07, 6.45) is 0.539. The molecule has 1 aromatic heterocycles. The zero-order valence-electron chi connectivity index (χ0n) is 9.04. The Balaban J connectivity index is 2.85. The molecule has 0 aliphatic rings. The van der Waals surface area contributed by atoms with Gasteiger partial charge in [-0.25, -0.2) is 4.79 Å². The van der Waals surface area contributed by atoms with Crippen LogP contribution in [0.15, 0.2) is 23.1 Å². The Bertz CT molecular complexity index is 535. The molecule has 8 heteroatoms. The van der Waals surface area contributed by atoms with Crippen LogP contribution in [0.4, 0.5) is 0 Å². The van der Waals surface area contributed by atoms with E-state index in [9.17, 15) is 19.2 Å². The molecule has 0 saturated carbocycles. The number of amides is 1. The molecular formula is C10H10N2O6.